The molecule has 108 valence electrons. The number of nitrogens with zero attached hydrogens (tertiary/aromatic N) is 1. The Labute approximate surface area is 137 Å². The van der Waals surface area contributed by atoms with Gasteiger partial charge in [-0.05, 0) is 34.7 Å². The van der Waals surface area contributed by atoms with E-state index < -0.39 is 21.2 Å². The first-order valence-corrected chi connectivity index (χ1v) is 7.87. The largest absolute Gasteiger partial charge is 0.475 e. The van der Waals surface area contributed by atoms with Gasteiger partial charge in [-0.2, -0.15) is 18.3 Å². The number of aromatic nitrogens is 2. The quantitative estimate of drug-likeness (QED) is 0.673. The Morgan fingerprint density at radius 1 is 1.25 bits per heavy atom. The van der Waals surface area contributed by atoms with E-state index in [1.807, 2.05) is 22.6 Å². The van der Waals surface area contributed by atoms with Crippen molar-refractivity contribution < 1.29 is 17.4 Å². The van der Waals surface area contributed by atoms with Gasteiger partial charge in [-0.25, -0.2) is 4.21 Å². The fourth-order valence-electron chi connectivity index (χ4n) is 1.48. The van der Waals surface area contributed by atoms with Crippen molar-refractivity contribution in [2.75, 3.05) is 0 Å². The molecule has 0 amide bonds. The monoisotopic (exact) mass is 454 g/mol. The van der Waals surface area contributed by atoms with E-state index >= 15 is 0 Å². The minimum atomic E-state index is -4.86. The highest BCUT2D eigenvalue weighted by atomic mass is 127. The summed E-state index contributed by atoms with van der Waals surface area (Å²) in [5.74, 6) is 0. The average Bonchev–Trinajstić information content (AvgIpc) is 2.72. The number of alkyl halides is 3. The molecule has 3 nitrogen and oxygen atoms in total. The van der Waals surface area contributed by atoms with Crippen molar-refractivity contribution in [3.8, 4) is 11.3 Å². The first-order valence-electron chi connectivity index (χ1n) is 4.88. The lowest BCUT2D eigenvalue weighted by atomic mass is 10.1. The molecule has 1 heterocycles. The van der Waals surface area contributed by atoms with E-state index in [0.717, 1.165) is 12.1 Å². The predicted molar refractivity (Wildman–Crippen MR) is 79.2 cm³/mol. The van der Waals surface area contributed by atoms with Crippen LogP contribution < -0.4 is 0 Å². The molecule has 0 fully saturated rings. The maximum absolute atomic E-state index is 12.4. The second-order valence-electron chi connectivity index (χ2n) is 3.57. The van der Waals surface area contributed by atoms with Crippen molar-refractivity contribution in [2.45, 2.75) is 10.4 Å². The maximum Gasteiger partial charge on any atom is 0.475 e. The van der Waals surface area contributed by atoms with Crippen LogP contribution in [-0.2, 0) is 10.8 Å². The van der Waals surface area contributed by atoms with Gasteiger partial charge in [-0.3, -0.25) is 5.10 Å². The normalized spacial score (nSPS) is 13.5. The van der Waals surface area contributed by atoms with Gasteiger partial charge in [0.15, 0.2) is 10.8 Å². The summed E-state index contributed by atoms with van der Waals surface area (Å²) in [6.45, 7) is 0. The Kier molecular flexibility index (Phi) is 4.67. The number of nitrogens with one attached hydrogen (secondary N) is 1. The topological polar surface area (TPSA) is 45.8 Å². The van der Waals surface area contributed by atoms with Crippen molar-refractivity contribution >= 4 is 56.6 Å². The second kappa shape index (κ2) is 5.82. The molecular weight excluding hydrogens is 451 g/mol. The van der Waals surface area contributed by atoms with Crippen molar-refractivity contribution in [3.63, 3.8) is 0 Å². The summed E-state index contributed by atoms with van der Waals surface area (Å²) >= 11 is 13.9. The van der Waals surface area contributed by atoms with Gasteiger partial charge >= 0.3 is 5.51 Å². The second-order valence-corrected chi connectivity index (χ2v) is 7.02. The predicted octanol–water partition coefficient (Wildman–Crippen LogP) is 4.62. The number of H-pyrrole nitrogens is 1. The summed E-state index contributed by atoms with van der Waals surface area (Å²) in [6, 6.07) is 1.98. The van der Waals surface area contributed by atoms with E-state index in [1.165, 1.54) is 6.20 Å². The van der Waals surface area contributed by atoms with E-state index in [4.69, 9.17) is 23.2 Å². The number of halogens is 6. The zero-order chi connectivity index (χ0) is 15.1. The number of rotatable bonds is 2. The fraction of sp³-hybridized carbons (Fsp3) is 0.100. The standard InChI is InChI=1S/C10H4Cl2F3IN2OS/c11-5-1-4(20(19)10(13,14)15)2-6(12)8(5)9-7(16)3-17-18-9/h1-3H,(H,17,18). The summed E-state index contributed by atoms with van der Waals surface area (Å²) in [5.41, 5.74) is -4.06. The van der Waals surface area contributed by atoms with Crippen LogP contribution in [-0.4, -0.2) is 19.9 Å². The van der Waals surface area contributed by atoms with Crippen LogP contribution in [0.2, 0.25) is 10.0 Å². The number of aromatic amines is 1. The minimum Gasteiger partial charge on any atom is -0.277 e. The maximum atomic E-state index is 12.4. The highest BCUT2D eigenvalue weighted by molar-refractivity contribution is 14.1. The van der Waals surface area contributed by atoms with Gasteiger partial charge in [-0.15, -0.1) is 0 Å². The molecule has 10 heteroatoms. The van der Waals surface area contributed by atoms with E-state index in [2.05, 4.69) is 10.2 Å². The summed E-state index contributed by atoms with van der Waals surface area (Å²) in [4.78, 5) is -0.495. The van der Waals surface area contributed by atoms with Crippen molar-refractivity contribution in [2.24, 2.45) is 0 Å². The smallest absolute Gasteiger partial charge is 0.277 e. The number of hydrogen-bond donors (Lipinski definition) is 1. The SMILES string of the molecule is O=S(c1cc(Cl)c(-c2[nH]ncc2I)c(Cl)c1)C(F)(F)F. The molecule has 0 aliphatic carbocycles. The van der Waals surface area contributed by atoms with E-state index in [1.54, 1.807) is 0 Å². The molecule has 0 radical (unpaired) electrons. The number of benzene rings is 1. The first kappa shape index (κ1) is 16.1. The van der Waals surface area contributed by atoms with Crippen LogP contribution >= 0.6 is 45.8 Å². The fourth-order valence-corrected chi connectivity index (χ4v) is 3.53. The van der Waals surface area contributed by atoms with E-state index in [0.29, 0.717) is 14.8 Å². The highest BCUT2D eigenvalue weighted by Gasteiger charge is 2.38. The van der Waals surface area contributed by atoms with E-state index in [-0.39, 0.29) is 10.0 Å². The molecule has 0 spiro atoms. The van der Waals surface area contributed by atoms with Gasteiger partial charge in [0.1, 0.15) is 0 Å². The molecule has 1 atom stereocenters. The molecule has 1 unspecified atom stereocenters. The molecule has 20 heavy (non-hydrogen) atoms. The lowest BCUT2D eigenvalue weighted by Crippen LogP contribution is -2.16. The minimum absolute atomic E-state index is 0.0349. The van der Waals surface area contributed by atoms with Crippen LogP contribution in [0.4, 0.5) is 13.2 Å². The third-order valence-corrected chi connectivity index (χ3v) is 4.78. The number of hydrogen-bond acceptors (Lipinski definition) is 2. The molecule has 1 aromatic carbocycles. The van der Waals surface area contributed by atoms with Gasteiger partial charge in [0.2, 0.25) is 0 Å². The van der Waals surface area contributed by atoms with Crippen molar-refractivity contribution in [3.05, 3.63) is 31.9 Å². The van der Waals surface area contributed by atoms with Crippen molar-refractivity contribution in [1.29, 1.82) is 0 Å². The van der Waals surface area contributed by atoms with Gasteiger partial charge < -0.3 is 0 Å². The zero-order valence-corrected chi connectivity index (χ0v) is 13.7. The molecule has 0 saturated heterocycles. The summed E-state index contributed by atoms with van der Waals surface area (Å²) in [7, 11) is -3.18. The molecule has 0 saturated carbocycles. The molecule has 0 aliphatic heterocycles. The van der Waals surface area contributed by atoms with Crippen LogP contribution in [0.5, 0.6) is 0 Å². The molecular formula is C10H4Cl2F3IN2OS. The van der Waals surface area contributed by atoms with Crippen LogP contribution in [0.25, 0.3) is 11.3 Å². The van der Waals surface area contributed by atoms with E-state index in [9.17, 15) is 17.4 Å². The first-order chi connectivity index (χ1) is 9.21. The van der Waals surface area contributed by atoms with Crippen LogP contribution in [0.15, 0.2) is 23.2 Å². The average molecular weight is 455 g/mol. The van der Waals surface area contributed by atoms with Crippen molar-refractivity contribution in [1.82, 2.24) is 10.2 Å². The third-order valence-electron chi connectivity index (χ3n) is 2.28. The van der Waals surface area contributed by atoms with Crippen LogP contribution in [0.1, 0.15) is 0 Å². The molecule has 1 N–H and O–H groups in total. The Morgan fingerprint density at radius 3 is 2.20 bits per heavy atom. The molecule has 2 aromatic rings. The molecule has 0 bridgehead atoms. The molecule has 2 rings (SSSR count). The van der Waals surface area contributed by atoms with Gasteiger partial charge in [0.25, 0.3) is 0 Å². The molecule has 0 aliphatic rings. The van der Waals surface area contributed by atoms with Crippen LogP contribution in [0.3, 0.4) is 0 Å². The Hall–Kier alpha value is -0.320. The van der Waals surface area contributed by atoms with Gasteiger partial charge in [0.05, 0.1) is 30.4 Å². The zero-order valence-electron chi connectivity index (χ0n) is 9.26. The third kappa shape index (κ3) is 3.12. The summed E-state index contributed by atoms with van der Waals surface area (Å²) in [5, 5.41) is 6.38. The molecule has 1 aromatic heterocycles. The van der Waals surface area contributed by atoms with Gasteiger partial charge in [0, 0.05) is 5.56 Å². The van der Waals surface area contributed by atoms with Gasteiger partial charge in [-0.1, -0.05) is 23.2 Å². The lowest BCUT2D eigenvalue weighted by Gasteiger charge is -2.10. The summed E-state index contributed by atoms with van der Waals surface area (Å²) in [6.07, 6.45) is 1.52. The summed E-state index contributed by atoms with van der Waals surface area (Å²) < 4.78 is 49.3. The Balaban J connectivity index is 2.56. The lowest BCUT2D eigenvalue weighted by molar-refractivity contribution is -0.0384. The highest BCUT2D eigenvalue weighted by Crippen LogP contribution is 2.39. The Bertz CT molecular complexity index is 666. The Morgan fingerprint density at radius 2 is 1.80 bits per heavy atom. The van der Waals surface area contributed by atoms with Crippen LogP contribution in [0, 0.1) is 3.57 Å².